The molecule has 4 rings (SSSR count). The number of hydrogen-bond acceptors (Lipinski definition) is 6. The molecule has 0 spiro atoms. The van der Waals surface area contributed by atoms with Crippen molar-refractivity contribution in [1.29, 1.82) is 0 Å². The smallest absolute Gasteiger partial charge is 0.258 e. The molecule has 0 saturated heterocycles. The van der Waals surface area contributed by atoms with Crippen molar-refractivity contribution in [2.45, 2.75) is 12.6 Å². The molecule has 148 valence electrons. The zero-order valence-corrected chi connectivity index (χ0v) is 15.6. The fourth-order valence-corrected chi connectivity index (χ4v) is 3.00. The first-order chi connectivity index (χ1) is 14.2. The molecule has 4 aromatic rings. The molecular formula is C22H20FN3O3. The van der Waals surface area contributed by atoms with Crippen molar-refractivity contribution in [3.8, 4) is 17.0 Å². The Morgan fingerprint density at radius 2 is 2.00 bits per heavy atom. The predicted octanol–water partition coefficient (Wildman–Crippen LogP) is 3.56. The van der Waals surface area contributed by atoms with Crippen molar-refractivity contribution < 1.29 is 18.8 Å². The van der Waals surface area contributed by atoms with Crippen LogP contribution in [0.5, 0.6) is 5.75 Å². The second-order valence-electron chi connectivity index (χ2n) is 6.64. The fourth-order valence-electron chi connectivity index (χ4n) is 3.00. The molecule has 29 heavy (non-hydrogen) atoms. The summed E-state index contributed by atoms with van der Waals surface area (Å²) in [5, 5.41) is 18.2. The van der Waals surface area contributed by atoms with E-state index in [9.17, 15) is 9.50 Å². The van der Waals surface area contributed by atoms with E-state index in [1.54, 1.807) is 12.3 Å². The number of aliphatic hydroxyl groups excluding tert-OH is 1. The van der Waals surface area contributed by atoms with Crippen LogP contribution in [0.3, 0.4) is 0 Å². The molecule has 2 heterocycles. The van der Waals surface area contributed by atoms with E-state index in [1.165, 1.54) is 12.1 Å². The summed E-state index contributed by atoms with van der Waals surface area (Å²) in [6.07, 6.45) is 0.949. The summed E-state index contributed by atoms with van der Waals surface area (Å²) < 4.78 is 24.1. The largest absolute Gasteiger partial charge is 0.491 e. The van der Waals surface area contributed by atoms with E-state index in [0.717, 1.165) is 16.5 Å². The number of hydrogen-bond donors (Lipinski definition) is 2. The molecule has 0 aliphatic heterocycles. The summed E-state index contributed by atoms with van der Waals surface area (Å²) >= 11 is 0. The summed E-state index contributed by atoms with van der Waals surface area (Å²) in [6.45, 7) is 0.925. The van der Waals surface area contributed by atoms with Gasteiger partial charge in [-0.15, -0.1) is 0 Å². The number of ether oxygens (including phenoxy) is 1. The van der Waals surface area contributed by atoms with Gasteiger partial charge in [0.2, 0.25) is 0 Å². The molecule has 0 radical (unpaired) electrons. The number of nitrogens with zero attached hydrogens (tertiary/aromatic N) is 2. The maximum atomic E-state index is 13.2. The standard InChI is InChI=1S/C22H20FN3O3/c23-17-6-1-4-15(10-17)12-24-13-18(27)14-28-19-7-2-5-16(11-19)21-20-8-3-9-25-22(20)29-26-21/h1-11,18,24,27H,12-14H2. The van der Waals surface area contributed by atoms with Gasteiger partial charge in [-0.05, 0) is 42.0 Å². The lowest BCUT2D eigenvalue weighted by Crippen LogP contribution is -2.31. The number of halogens is 1. The van der Waals surface area contributed by atoms with Crippen LogP contribution in [0.25, 0.3) is 22.4 Å². The Bertz CT molecular complexity index is 1100. The SMILES string of the molecule is OC(CNCc1cccc(F)c1)COc1cccc(-c2noc3ncccc23)c1. The molecule has 1 unspecified atom stereocenters. The van der Waals surface area contributed by atoms with Crippen molar-refractivity contribution in [2.24, 2.45) is 0 Å². The van der Waals surface area contributed by atoms with Crippen molar-refractivity contribution in [2.75, 3.05) is 13.2 Å². The summed E-state index contributed by atoms with van der Waals surface area (Å²) in [5.74, 6) is 0.343. The number of nitrogens with one attached hydrogen (secondary N) is 1. The number of pyridine rings is 1. The Kier molecular flexibility index (Phi) is 5.79. The van der Waals surface area contributed by atoms with Crippen LogP contribution in [-0.2, 0) is 6.54 Å². The van der Waals surface area contributed by atoms with Crippen molar-refractivity contribution in [3.05, 3.63) is 78.2 Å². The zero-order valence-electron chi connectivity index (χ0n) is 15.6. The molecular weight excluding hydrogens is 373 g/mol. The minimum Gasteiger partial charge on any atom is -0.491 e. The molecule has 0 fully saturated rings. The number of aliphatic hydroxyl groups is 1. The average molecular weight is 393 g/mol. The molecule has 0 amide bonds. The van der Waals surface area contributed by atoms with E-state index in [2.05, 4.69) is 15.5 Å². The highest BCUT2D eigenvalue weighted by atomic mass is 19.1. The third kappa shape index (κ3) is 4.77. The van der Waals surface area contributed by atoms with Gasteiger partial charge in [-0.1, -0.05) is 29.4 Å². The van der Waals surface area contributed by atoms with Gasteiger partial charge < -0.3 is 19.7 Å². The number of aromatic nitrogens is 2. The van der Waals surface area contributed by atoms with Gasteiger partial charge in [0, 0.05) is 24.8 Å². The lowest BCUT2D eigenvalue weighted by molar-refractivity contribution is 0.106. The van der Waals surface area contributed by atoms with E-state index >= 15 is 0 Å². The third-order valence-corrected chi connectivity index (χ3v) is 4.40. The highest BCUT2D eigenvalue weighted by Gasteiger charge is 2.12. The van der Waals surface area contributed by atoms with Gasteiger partial charge in [0.15, 0.2) is 0 Å². The minimum atomic E-state index is -0.704. The van der Waals surface area contributed by atoms with Gasteiger partial charge >= 0.3 is 0 Å². The molecule has 6 nitrogen and oxygen atoms in total. The quantitative estimate of drug-likeness (QED) is 0.477. The van der Waals surface area contributed by atoms with E-state index in [1.807, 2.05) is 42.5 Å². The average Bonchev–Trinajstić information content (AvgIpc) is 3.17. The Morgan fingerprint density at radius 3 is 2.90 bits per heavy atom. The summed E-state index contributed by atoms with van der Waals surface area (Å²) in [4.78, 5) is 4.14. The van der Waals surface area contributed by atoms with E-state index in [4.69, 9.17) is 9.26 Å². The van der Waals surface area contributed by atoms with Crippen LogP contribution >= 0.6 is 0 Å². The molecule has 2 aromatic heterocycles. The van der Waals surface area contributed by atoms with E-state index < -0.39 is 6.10 Å². The molecule has 7 heteroatoms. The van der Waals surface area contributed by atoms with Crippen molar-refractivity contribution in [3.63, 3.8) is 0 Å². The lowest BCUT2D eigenvalue weighted by atomic mass is 10.1. The Hall–Kier alpha value is -3.29. The predicted molar refractivity (Wildman–Crippen MR) is 107 cm³/mol. The molecule has 1 atom stereocenters. The maximum Gasteiger partial charge on any atom is 0.258 e. The monoisotopic (exact) mass is 393 g/mol. The summed E-state index contributed by atoms with van der Waals surface area (Å²) in [5.41, 5.74) is 2.83. The number of benzene rings is 2. The highest BCUT2D eigenvalue weighted by molar-refractivity contribution is 5.89. The topological polar surface area (TPSA) is 80.4 Å². The normalized spacial score (nSPS) is 12.2. The Morgan fingerprint density at radius 1 is 1.10 bits per heavy atom. The first-order valence-electron chi connectivity index (χ1n) is 9.26. The number of fused-ring (bicyclic) bond motifs is 1. The maximum absolute atomic E-state index is 13.2. The van der Waals surface area contributed by atoms with Crippen LogP contribution in [0.15, 0.2) is 71.4 Å². The van der Waals surface area contributed by atoms with Crippen LogP contribution in [0.4, 0.5) is 4.39 Å². The molecule has 2 N–H and O–H groups in total. The van der Waals surface area contributed by atoms with Crippen LogP contribution in [0, 0.1) is 5.82 Å². The van der Waals surface area contributed by atoms with Crippen molar-refractivity contribution >= 4 is 11.1 Å². The second-order valence-corrected chi connectivity index (χ2v) is 6.64. The Labute approximate surface area is 166 Å². The zero-order chi connectivity index (χ0) is 20.1. The minimum absolute atomic E-state index is 0.126. The van der Waals surface area contributed by atoms with Gasteiger partial charge in [0.05, 0.1) is 5.39 Å². The Balaban J connectivity index is 1.32. The molecule has 2 aromatic carbocycles. The first kappa shape index (κ1) is 19.0. The summed E-state index contributed by atoms with van der Waals surface area (Å²) in [6, 6.07) is 17.5. The summed E-state index contributed by atoms with van der Waals surface area (Å²) in [7, 11) is 0. The van der Waals surface area contributed by atoms with Gasteiger partial charge in [0.1, 0.15) is 30.0 Å². The first-order valence-corrected chi connectivity index (χ1v) is 9.26. The van der Waals surface area contributed by atoms with Crippen LogP contribution in [-0.4, -0.2) is 34.5 Å². The third-order valence-electron chi connectivity index (χ3n) is 4.40. The molecule has 0 bridgehead atoms. The van der Waals surface area contributed by atoms with Crippen LogP contribution in [0.1, 0.15) is 5.56 Å². The van der Waals surface area contributed by atoms with Crippen LogP contribution in [0.2, 0.25) is 0 Å². The van der Waals surface area contributed by atoms with Gasteiger partial charge in [0.25, 0.3) is 5.71 Å². The number of rotatable bonds is 8. The van der Waals surface area contributed by atoms with Gasteiger partial charge in [-0.2, -0.15) is 0 Å². The van der Waals surface area contributed by atoms with Gasteiger partial charge in [-0.3, -0.25) is 0 Å². The molecule has 0 aliphatic rings. The van der Waals surface area contributed by atoms with Crippen LogP contribution < -0.4 is 10.1 Å². The van der Waals surface area contributed by atoms with Crippen molar-refractivity contribution in [1.82, 2.24) is 15.5 Å². The van der Waals surface area contributed by atoms with E-state index in [0.29, 0.717) is 30.2 Å². The van der Waals surface area contributed by atoms with E-state index in [-0.39, 0.29) is 12.4 Å². The molecule has 0 aliphatic carbocycles. The van der Waals surface area contributed by atoms with Gasteiger partial charge in [-0.25, -0.2) is 9.37 Å². The second kappa shape index (κ2) is 8.81. The lowest BCUT2D eigenvalue weighted by Gasteiger charge is -2.14. The fraction of sp³-hybridized carbons (Fsp3) is 0.182. The highest BCUT2D eigenvalue weighted by Crippen LogP contribution is 2.28. The molecule has 0 saturated carbocycles.